The molecule has 1 atom stereocenters. The molecule has 2 aliphatic rings. The second-order valence-corrected chi connectivity index (χ2v) is 9.99. The number of rotatable bonds is 5. The zero-order valence-electron chi connectivity index (χ0n) is 19.9. The van der Waals surface area contributed by atoms with Gasteiger partial charge >= 0.3 is 0 Å². The topological polar surface area (TPSA) is 79.5 Å². The molecule has 0 bridgehead atoms. The van der Waals surface area contributed by atoms with Gasteiger partial charge in [0.1, 0.15) is 23.3 Å². The molecule has 1 unspecified atom stereocenters. The van der Waals surface area contributed by atoms with E-state index in [1.165, 1.54) is 5.56 Å². The lowest BCUT2D eigenvalue weighted by Crippen LogP contribution is -2.41. The molecule has 2 N–H and O–H groups in total. The van der Waals surface area contributed by atoms with E-state index in [1.54, 1.807) is 18.0 Å². The van der Waals surface area contributed by atoms with E-state index in [1.807, 2.05) is 42.6 Å². The van der Waals surface area contributed by atoms with Gasteiger partial charge in [-0.2, -0.15) is 0 Å². The lowest BCUT2D eigenvalue weighted by molar-refractivity contribution is 0.0382. The Morgan fingerprint density at radius 1 is 1.14 bits per heavy atom. The second-order valence-electron chi connectivity index (χ2n) is 8.91. The van der Waals surface area contributed by atoms with Crippen molar-refractivity contribution in [3.8, 4) is 11.5 Å². The number of benzene rings is 2. The van der Waals surface area contributed by atoms with Crippen LogP contribution in [0.2, 0.25) is 0 Å². The SMILES string of the molecule is Cc1ccnc(CNc2ccc3c(c2)Sc2cccc(C4CN(c5ccc[nH]c5=O)CCO4)c2O3)c1. The molecule has 0 radical (unpaired) electrons. The molecule has 36 heavy (non-hydrogen) atoms. The number of morpholine rings is 1. The summed E-state index contributed by atoms with van der Waals surface area (Å²) in [6.07, 6.45) is 3.29. The Labute approximate surface area is 213 Å². The summed E-state index contributed by atoms with van der Waals surface area (Å²) in [5, 5.41) is 3.47. The number of hydrogen-bond donors (Lipinski definition) is 2. The van der Waals surface area contributed by atoms with Crippen molar-refractivity contribution >= 4 is 23.1 Å². The van der Waals surface area contributed by atoms with Gasteiger partial charge in [0.25, 0.3) is 5.56 Å². The number of nitrogens with one attached hydrogen (secondary N) is 2. The number of anilines is 2. The van der Waals surface area contributed by atoms with E-state index in [4.69, 9.17) is 9.47 Å². The van der Waals surface area contributed by atoms with Crippen LogP contribution in [0.3, 0.4) is 0 Å². The first kappa shape index (κ1) is 22.7. The van der Waals surface area contributed by atoms with Crippen LogP contribution >= 0.6 is 11.8 Å². The molecule has 182 valence electrons. The normalized spacial score (nSPS) is 16.6. The van der Waals surface area contributed by atoms with E-state index < -0.39 is 0 Å². The van der Waals surface area contributed by atoms with Gasteiger partial charge in [0.15, 0.2) is 0 Å². The Morgan fingerprint density at radius 2 is 2.08 bits per heavy atom. The fourth-order valence-electron chi connectivity index (χ4n) is 4.59. The summed E-state index contributed by atoms with van der Waals surface area (Å²) in [6.45, 7) is 4.52. The highest BCUT2D eigenvalue weighted by atomic mass is 32.2. The minimum atomic E-state index is -0.196. The summed E-state index contributed by atoms with van der Waals surface area (Å²) in [7, 11) is 0. The maximum atomic E-state index is 12.3. The lowest BCUT2D eigenvalue weighted by atomic mass is 10.1. The van der Waals surface area contributed by atoms with Crippen LogP contribution in [-0.2, 0) is 11.3 Å². The zero-order valence-corrected chi connectivity index (χ0v) is 20.7. The van der Waals surface area contributed by atoms with Gasteiger partial charge in [0.05, 0.1) is 28.6 Å². The van der Waals surface area contributed by atoms with Crippen LogP contribution in [0.1, 0.15) is 22.9 Å². The molecule has 0 saturated carbocycles. The van der Waals surface area contributed by atoms with Gasteiger partial charge in [-0.1, -0.05) is 23.9 Å². The Balaban J connectivity index is 1.21. The molecule has 4 aromatic rings. The molecule has 0 amide bonds. The van der Waals surface area contributed by atoms with Crippen LogP contribution in [-0.4, -0.2) is 29.7 Å². The maximum absolute atomic E-state index is 12.3. The van der Waals surface area contributed by atoms with Gasteiger partial charge in [-0.15, -0.1) is 0 Å². The minimum absolute atomic E-state index is 0.0865. The van der Waals surface area contributed by atoms with E-state index >= 15 is 0 Å². The van der Waals surface area contributed by atoms with Crippen molar-refractivity contribution in [1.29, 1.82) is 0 Å². The quantitative estimate of drug-likeness (QED) is 0.330. The number of aryl methyl sites for hydroxylation is 1. The number of H-pyrrole nitrogens is 1. The summed E-state index contributed by atoms with van der Waals surface area (Å²) in [5.74, 6) is 1.65. The molecule has 1 saturated heterocycles. The molecule has 0 aliphatic carbocycles. The van der Waals surface area contributed by atoms with Crippen LogP contribution in [0.15, 0.2) is 87.6 Å². The van der Waals surface area contributed by atoms with Gasteiger partial charge in [0, 0.05) is 36.7 Å². The Bertz CT molecular complexity index is 1470. The summed E-state index contributed by atoms with van der Waals surface area (Å²) in [5.41, 5.74) is 4.80. The highest BCUT2D eigenvalue weighted by Crippen LogP contribution is 2.50. The van der Waals surface area contributed by atoms with Crippen molar-refractivity contribution in [3.05, 3.63) is 100 Å². The first-order valence-corrected chi connectivity index (χ1v) is 12.8. The number of nitrogens with zero attached hydrogens (tertiary/aromatic N) is 2. The monoisotopic (exact) mass is 498 g/mol. The number of fused-ring (bicyclic) bond motifs is 2. The second kappa shape index (κ2) is 9.72. The summed E-state index contributed by atoms with van der Waals surface area (Å²) < 4.78 is 12.6. The molecule has 8 heteroatoms. The average molecular weight is 499 g/mol. The highest BCUT2D eigenvalue weighted by molar-refractivity contribution is 7.99. The number of aromatic amines is 1. The van der Waals surface area contributed by atoms with Crippen LogP contribution in [0, 0.1) is 6.92 Å². The Hall–Kier alpha value is -3.75. The molecule has 2 aromatic heterocycles. The van der Waals surface area contributed by atoms with E-state index in [0.717, 1.165) is 38.2 Å². The largest absolute Gasteiger partial charge is 0.455 e. The smallest absolute Gasteiger partial charge is 0.271 e. The minimum Gasteiger partial charge on any atom is -0.455 e. The predicted octanol–water partition coefficient (Wildman–Crippen LogP) is 5.53. The summed E-state index contributed by atoms with van der Waals surface area (Å²) >= 11 is 1.69. The van der Waals surface area contributed by atoms with Gasteiger partial charge in [-0.3, -0.25) is 9.78 Å². The van der Waals surface area contributed by atoms with E-state index in [9.17, 15) is 4.79 Å². The standard InChI is InChI=1S/C28H26N4O3S/c1-18-9-11-29-20(14-18)16-31-19-7-8-23-26(15-19)36-25-6-2-4-21(27(25)35-23)24-17-32(12-13-34-24)22-5-3-10-30-28(22)33/h2-11,14-15,24,31H,12-13,16-17H2,1H3,(H,30,33). The van der Waals surface area contributed by atoms with Crippen LogP contribution in [0.5, 0.6) is 11.5 Å². The summed E-state index contributed by atoms with van der Waals surface area (Å²) in [4.78, 5) is 23.7. The van der Waals surface area contributed by atoms with Crippen LogP contribution in [0.25, 0.3) is 0 Å². The van der Waals surface area contributed by atoms with Gasteiger partial charge in [-0.25, -0.2) is 0 Å². The highest BCUT2D eigenvalue weighted by Gasteiger charge is 2.29. The Kier molecular flexibility index (Phi) is 6.13. The lowest BCUT2D eigenvalue weighted by Gasteiger charge is -2.35. The molecular formula is C28H26N4O3S. The van der Waals surface area contributed by atoms with E-state index in [-0.39, 0.29) is 11.7 Å². The number of aromatic nitrogens is 2. The first-order valence-electron chi connectivity index (χ1n) is 12.0. The number of para-hydroxylation sites is 1. The van der Waals surface area contributed by atoms with Gasteiger partial charge < -0.3 is 24.7 Å². The molecule has 6 rings (SSSR count). The predicted molar refractivity (Wildman–Crippen MR) is 141 cm³/mol. The third-order valence-electron chi connectivity index (χ3n) is 6.38. The van der Waals surface area contributed by atoms with Gasteiger partial charge in [-0.05, 0) is 61.0 Å². The van der Waals surface area contributed by atoms with Crippen LogP contribution in [0.4, 0.5) is 11.4 Å². The third kappa shape index (κ3) is 4.57. The molecule has 4 heterocycles. The summed E-state index contributed by atoms with van der Waals surface area (Å²) in [6, 6.07) is 20.1. The molecular weight excluding hydrogens is 472 g/mol. The fourth-order valence-corrected chi connectivity index (χ4v) is 5.62. The van der Waals surface area contributed by atoms with Crippen molar-refractivity contribution in [2.24, 2.45) is 0 Å². The first-order chi connectivity index (χ1) is 17.6. The zero-order chi connectivity index (χ0) is 24.5. The van der Waals surface area contributed by atoms with Crippen molar-refractivity contribution in [1.82, 2.24) is 9.97 Å². The number of pyridine rings is 2. The van der Waals surface area contributed by atoms with Crippen molar-refractivity contribution in [3.63, 3.8) is 0 Å². The number of hydrogen-bond acceptors (Lipinski definition) is 7. The molecule has 2 aliphatic heterocycles. The molecule has 7 nitrogen and oxygen atoms in total. The van der Waals surface area contributed by atoms with E-state index in [2.05, 4.69) is 51.4 Å². The van der Waals surface area contributed by atoms with E-state index in [0.29, 0.717) is 31.9 Å². The van der Waals surface area contributed by atoms with Crippen LogP contribution < -0.4 is 20.5 Å². The molecule has 0 spiro atoms. The number of ether oxygens (including phenoxy) is 2. The van der Waals surface area contributed by atoms with Gasteiger partial charge in [0.2, 0.25) is 0 Å². The maximum Gasteiger partial charge on any atom is 0.271 e. The average Bonchev–Trinajstić information content (AvgIpc) is 2.91. The molecule has 2 aromatic carbocycles. The van der Waals surface area contributed by atoms with Crippen molar-refractivity contribution in [2.45, 2.75) is 29.4 Å². The van der Waals surface area contributed by atoms with Crippen molar-refractivity contribution < 1.29 is 9.47 Å². The molecule has 1 fully saturated rings. The van der Waals surface area contributed by atoms with Crippen molar-refractivity contribution in [2.75, 3.05) is 29.9 Å². The Morgan fingerprint density at radius 3 is 2.97 bits per heavy atom. The fraction of sp³-hybridized carbons (Fsp3) is 0.214. The third-order valence-corrected chi connectivity index (χ3v) is 7.46.